The molecule has 6 heteroatoms. The van der Waals surface area contributed by atoms with Gasteiger partial charge in [-0.1, -0.05) is 84.6 Å². The topological polar surface area (TPSA) is 55.2 Å². The summed E-state index contributed by atoms with van der Waals surface area (Å²) in [5.41, 5.74) is 2.99. The van der Waals surface area contributed by atoms with Crippen LogP contribution in [0.2, 0.25) is 0 Å². The van der Waals surface area contributed by atoms with Crippen LogP contribution < -0.4 is 5.56 Å². The van der Waals surface area contributed by atoms with Crippen molar-refractivity contribution in [3.8, 4) is 0 Å². The number of carbonyl (C=O) groups is 1. The molecule has 1 saturated heterocycles. The van der Waals surface area contributed by atoms with Gasteiger partial charge in [-0.25, -0.2) is 4.98 Å². The second kappa shape index (κ2) is 10.9. The molecule has 3 aromatic carbocycles. The van der Waals surface area contributed by atoms with Crippen molar-refractivity contribution >= 4 is 28.6 Å². The molecule has 5 nitrogen and oxygen atoms in total. The van der Waals surface area contributed by atoms with Crippen molar-refractivity contribution in [2.75, 3.05) is 18.8 Å². The number of para-hydroxylation sites is 1. The van der Waals surface area contributed by atoms with Crippen LogP contribution in [-0.2, 0) is 17.8 Å². The highest BCUT2D eigenvalue weighted by Crippen LogP contribution is 2.24. The molecular formula is C29H29N3O2S. The molecule has 0 aliphatic carbocycles. The third-order valence-electron chi connectivity index (χ3n) is 6.67. The van der Waals surface area contributed by atoms with Gasteiger partial charge in [0.05, 0.1) is 23.2 Å². The summed E-state index contributed by atoms with van der Waals surface area (Å²) < 4.78 is 1.70. The van der Waals surface area contributed by atoms with E-state index in [9.17, 15) is 9.59 Å². The Hall–Kier alpha value is -3.38. The van der Waals surface area contributed by atoms with Gasteiger partial charge >= 0.3 is 0 Å². The molecule has 0 saturated carbocycles. The Kier molecular flexibility index (Phi) is 7.28. The summed E-state index contributed by atoms with van der Waals surface area (Å²) in [6.45, 7) is 2.01. The molecular weight excluding hydrogens is 454 g/mol. The molecule has 1 amide bonds. The predicted molar refractivity (Wildman–Crippen MR) is 142 cm³/mol. The number of hydrogen-bond acceptors (Lipinski definition) is 4. The van der Waals surface area contributed by atoms with E-state index in [1.165, 1.54) is 17.3 Å². The normalized spacial score (nSPS) is 14.3. The van der Waals surface area contributed by atoms with Crippen LogP contribution in [0.1, 0.15) is 24.0 Å². The summed E-state index contributed by atoms with van der Waals surface area (Å²) in [6, 6.07) is 27.9. The average molecular weight is 484 g/mol. The Morgan fingerprint density at radius 2 is 1.49 bits per heavy atom. The number of fused-ring (bicyclic) bond motifs is 1. The smallest absolute Gasteiger partial charge is 0.262 e. The predicted octanol–water partition coefficient (Wildman–Crippen LogP) is 5.02. The van der Waals surface area contributed by atoms with Crippen molar-refractivity contribution in [3.63, 3.8) is 0 Å². The molecule has 1 fully saturated rings. The van der Waals surface area contributed by atoms with Gasteiger partial charge in [0.2, 0.25) is 5.91 Å². The highest BCUT2D eigenvalue weighted by molar-refractivity contribution is 7.99. The van der Waals surface area contributed by atoms with Gasteiger partial charge in [0.15, 0.2) is 5.16 Å². The Bertz CT molecular complexity index is 1350. The summed E-state index contributed by atoms with van der Waals surface area (Å²) in [5.74, 6) is 1.01. The minimum Gasteiger partial charge on any atom is -0.342 e. The number of amides is 1. The van der Waals surface area contributed by atoms with Crippen molar-refractivity contribution in [1.82, 2.24) is 14.5 Å². The monoisotopic (exact) mass is 483 g/mol. The lowest BCUT2D eigenvalue weighted by atomic mass is 9.90. The minimum atomic E-state index is -0.0730. The van der Waals surface area contributed by atoms with Crippen molar-refractivity contribution in [1.29, 1.82) is 0 Å². The fraction of sp³-hybridized carbons (Fsp3) is 0.276. The van der Waals surface area contributed by atoms with E-state index in [0.717, 1.165) is 37.9 Å². The van der Waals surface area contributed by atoms with Crippen molar-refractivity contribution < 1.29 is 4.79 Å². The van der Waals surface area contributed by atoms with E-state index in [1.54, 1.807) is 4.57 Å². The number of benzene rings is 3. The van der Waals surface area contributed by atoms with E-state index in [2.05, 4.69) is 24.3 Å². The quantitative estimate of drug-likeness (QED) is 0.274. The molecule has 0 atom stereocenters. The third-order valence-corrected chi connectivity index (χ3v) is 7.63. The van der Waals surface area contributed by atoms with Crippen molar-refractivity contribution in [2.24, 2.45) is 5.92 Å². The minimum absolute atomic E-state index is 0.0730. The number of piperidine rings is 1. The first-order valence-corrected chi connectivity index (χ1v) is 13.1. The number of nitrogens with zero attached hydrogens (tertiary/aromatic N) is 3. The van der Waals surface area contributed by atoms with E-state index >= 15 is 0 Å². The van der Waals surface area contributed by atoms with E-state index in [1.807, 2.05) is 65.6 Å². The van der Waals surface area contributed by atoms with Gasteiger partial charge in [-0.15, -0.1) is 0 Å². The van der Waals surface area contributed by atoms with E-state index in [-0.39, 0.29) is 17.2 Å². The standard InChI is InChI=1S/C29H29N3O2S/c33-27(31-17-15-23(16-18-31)19-22-9-3-1-4-10-22)21-35-29-30-26-14-8-7-13-25(26)28(34)32(29)20-24-11-5-2-6-12-24/h1-14,23H,15-21H2. The molecule has 5 rings (SSSR count). The highest BCUT2D eigenvalue weighted by atomic mass is 32.2. The van der Waals surface area contributed by atoms with Crippen molar-refractivity contribution in [2.45, 2.75) is 31.0 Å². The Morgan fingerprint density at radius 3 is 2.20 bits per heavy atom. The summed E-state index contributed by atoms with van der Waals surface area (Å²) in [7, 11) is 0. The third kappa shape index (κ3) is 5.65. The van der Waals surface area contributed by atoms with Crippen LogP contribution in [0.3, 0.4) is 0 Å². The fourth-order valence-electron chi connectivity index (χ4n) is 4.71. The summed E-state index contributed by atoms with van der Waals surface area (Å²) in [6.07, 6.45) is 3.13. The molecule has 1 aliphatic heterocycles. The van der Waals surface area contributed by atoms with E-state index < -0.39 is 0 Å². The Morgan fingerprint density at radius 1 is 0.857 bits per heavy atom. The lowest BCUT2D eigenvalue weighted by molar-refractivity contribution is -0.129. The molecule has 1 aromatic heterocycles. The van der Waals surface area contributed by atoms with E-state index in [0.29, 0.717) is 28.5 Å². The molecule has 0 spiro atoms. The Balaban J connectivity index is 1.26. The first kappa shape index (κ1) is 23.4. The second-order valence-corrected chi connectivity index (χ2v) is 10.0. The second-order valence-electron chi connectivity index (χ2n) is 9.09. The maximum atomic E-state index is 13.3. The summed E-state index contributed by atoms with van der Waals surface area (Å²) >= 11 is 1.36. The lowest BCUT2D eigenvalue weighted by Crippen LogP contribution is -2.40. The van der Waals surface area contributed by atoms with Crippen LogP contribution in [0.5, 0.6) is 0 Å². The number of hydrogen-bond donors (Lipinski definition) is 0. The molecule has 4 aromatic rings. The maximum Gasteiger partial charge on any atom is 0.262 e. The zero-order valence-electron chi connectivity index (χ0n) is 19.7. The molecule has 0 N–H and O–H groups in total. The van der Waals surface area contributed by atoms with Gasteiger partial charge in [-0.05, 0) is 48.4 Å². The lowest BCUT2D eigenvalue weighted by Gasteiger charge is -2.32. The van der Waals surface area contributed by atoms with Gasteiger partial charge in [0, 0.05) is 13.1 Å². The molecule has 1 aliphatic rings. The van der Waals surface area contributed by atoms with Crippen LogP contribution in [0, 0.1) is 5.92 Å². The van der Waals surface area contributed by atoms with E-state index in [4.69, 9.17) is 4.98 Å². The maximum absolute atomic E-state index is 13.3. The van der Waals surface area contributed by atoms with Crippen LogP contribution in [0.4, 0.5) is 0 Å². The van der Waals surface area contributed by atoms with Gasteiger partial charge in [0.25, 0.3) is 5.56 Å². The average Bonchev–Trinajstić information content (AvgIpc) is 2.91. The number of rotatable bonds is 7. The molecule has 0 bridgehead atoms. The van der Waals surface area contributed by atoms with Crippen LogP contribution in [0.25, 0.3) is 10.9 Å². The highest BCUT2D eigenvalue weighted by Gasteiger charge is 2.23. The molecule has 0 unspecified atom stereocenters. The van der Waals surface area contributed by atoms with Crippen LogP contribution >= 0.6 is 11.8 Å². The van der Waals surface area contributed by atoms with Gasteiger partial charge in [0.1, 0.15) is 0 Å². The molecule has 35 heavy (non-hydrogen) atoms. The van der Waals surface area contributed by atoms with Gasteiger partial charge < -0.3 is 4.90 Å². The Labute approximate surface area is 209 Å². The summed E-state index contributed by atoms with van der Waals surface area (Å²) in [4.78, 5) is 33.1. The SMILES string of the molecule is O=C(CSc1nc2ccccc2c(=O)n1Cc1ccccc1)N1CCC(Cc2ccccc2)CC1. The first-order valence-electron chi connectivity index (χ1n) is 12.2. The van der Waals surface area contributed by atoms with Gasteiger partial charge in [-0.2, -0.15) is 0 Å². The molecule has 178 valence electrons. The zero-order chi connectivity index (χ0) is 24.0. The number of thioether (sulfide) groups is 1. The van der Waals surface area contributed by atoms with Crippen LogP contribution in [-0.4, -0.2) is 39.2 Å². The number of likely N-dealkylation sites (tertiary alicyclic amines) is 1. The molecule has 2 heterocycles. The fourth-order valence-corrected chi connectivity index (χ4v) is 5.62. The molecule has 0 radical (unpaired) electrons. The van der Waals surface area contributed by atoms with Crippen molar-refractivity contribution in [3.05, 3.63) is 106 Å². The van der Waals surface area contributed by atoms with Crippen LogP contribution in [0.15, 0.2) is 94.9 Å². The van der Waals surface area contributed by atoms with Gasteiger partial charge in [-0.3, -0.25) is 14.2 Å². The number of aromatic nitrogens is 2. The summed E-state index contributed by atoms with van der Waals surface area (Å²) in [5, 5.41) is 1.18. The largest absolute Gasteiger partial charge is 0.342 e. The number of carbonyl (C=O) groups excluding carboxylic acids is 1. The first-order chi connectivity index (χ1) is 17.2. The zero-order valence-corrected chi connectivity index (χ0v) is 20.5.